The molecule has 0 fully saturated rings. The summed E-state index contributed by atoms with van der Waals surface area (Å²) in [5, 5.41) is 7.87. The van der Waals surface area contributed by atoms with Gasteiger partial charge in [-0.2, -0.15) is 5.10 Å². The van der Waals surface area contributed by atoms with Crippen molar-refractivity contribution >= 4 is 10.9 Å². The fourth-order valence-electron chi connectivity index (χ4n) is 3.51. The number of para-hydroxylation sites is 1. The molecule has 2 aromatic heterocycles. The Kier molecular flexibility index (Phi) is 5.84. The highest BCUT2D eigenvalue weighted by Crippen LogP contribution is 2.32. The number of aromatic amines is 1. The number of fused-ring (bicyclic) bond motifs is 1. The highest BCUT2D eigenvalue weighted by atomic mass is 16.5. The fourth-order valence-corrected chi connectivity index (χ4v) is 3.51. The molecule has 33 heavy (non-hydrogen) atoms. The number of pyridine rings is 1. The number of hydrogen-bond acceptors (Lipinski definition) is 6. The second-order valence-electron chi connectivity index (χ2n) is 7.42. The number of rotatable bonds is 8. The van der Waals surface area contributed by atoms with Crippen molar-refractivity contribution in [1.82, 2.24) is 20.2 Å². The molecule has 7 heteroatoms. The molecule has 0 saturated heterocycles. The van der Waals surface area contributed by atoms with Crippen LogP contribution in [-0.2, 0) is 13.2 Å². The van der Waals surface area contributed by atoms with Crippen molar-refractivity contribution in [2.45, 2.75) is 13.2 Å². The van der Waals surface area contributed by atoms with Crippen molar-refractivity contribution in [2.24, 2.45) is 0 Å². The monoisotopic (exact) mass is 438 g/mol. The maximum atomic E-state index is 6.06. The highest BCUT2D eigenvalue weighted by Gasteiger charge is 2.10. The van der Waals surface area contributed by atoms with Crippen LogP contribution in [0.25, 0.3) is 22.3 Å². The third kappa shape index (κ3) is 4.77. The molecule has 0 amide bonds. The Morgan fingerprint density at radius 2 is 1.76 bits per heavy atom. The highest BCUT2D eigenvalue weighted by molar-refractivity contribution is 5.78. The molecule has 0 aliphatic carbocycles. The van der Waals surface area contributed by atoms with Crippen molar-refractivity contribution in [3.8, 4) is 28.6 Å². The Labute approximate surface area is 191 Å². The third-order valence-electron chi connectivity index (χ3n) is 5.19. The summed E-state index contributed by atoms with van der Waals surface area (Å²) in [6, 6.07) is 25.6. The molecule has 0 atom stereocenters. The van der Waals surface area contributed by atoms with Crippen molar-refractivity contribution < 1.29 is 14.2 Å². The van der Waals surface area contributed by atoms with Crippen molar-refractivity contribution in [3.63, 3.8) is 0 Å². The van der Waals surface area contributed by atoms with Crippen LogP contribution in [0.4, 0.5) is 0 Å². The number of benzene rings is 3. The SMILES string of the molecule is COc1ccc(-c2ncn[nH]2)cc1OCc1cccc(OCc2ccc3ccccc3n2)c1. The predicted octanol–water partition coefficient (Wildman–Crippen LogP) is 5.19. The van der Waals surface area contributed by atoms with Gasteiger partial charge in [-0.05, 0) is 48.0 Å². The third-order valence-corrected chi connectivity index (χ3v) is 5.19. The maximum Gasteiger partial charge on any atom is 0.162 e. The summed E-state index contributed by atoms with van der Waals surface area (Å²) in [4.78, 5) is 8.85. The fraction of sp³-hybridized carbons (Fsp3) is 0.115. The van der Waals surface area contributed by atoms with Gasteiger partial charge in [0.15, 0.2) is 17.3 Å². The molecule has 0 aliphatic rings. The van der Waals surface area contributed by atoms with Crippen LogP contribution < -0.4 is 14.2 Å². The predicted molar refractivity (Wildman–Crippen MR) is 125 cm³/mol. The number of nitrogens with one attached hydrogen (secondary N) is 1. The number of hydrogen-bond donors (Lipinski definition) is 1. The maximum absolute atomic E-state index is 6.06. The van der Waals surface area contributed by atoms with E-state index in [2.05, 4.69) is 26.2 Å². The average Bonchev–Trinajstić information content (AvgIpc) is 3.41. The summed E-state index contributed by atoms with van der Waals surface area (Å²) in [6.45, 7) is 0.754. The summed E-state index contributed by atoms with van der Waals surface area (Å²) < 4.78 is 17.5. The summed E-state index contributed by atoms with van der Waals surface area (Å²) in [6.07, 6.45) is 1.47. The largest absolute Gasteiger partial charge is 0.493 e. The molecule has 0 unspecified atom stereocenters. The lowest BCUT2D eigenvalue weighted by Gasteiger charge is -2.13. The Hall–Kier alpha value is -4.39. The van der Waals surface area contributed by atoms with Gasteiger partial charge in [-0.15, -0.1) is 0 Å². The van der Waals surface area contributed by atoms with Crippen LogP contribution in [0.5, 0.6) is 17.2 Å². The Balaban J connectivity index is 1.26. The van der Waals surface area contributed by atoms with Gasteiger partial charge in [0.2, 0.25) is 0 Å². The van der Waals surface area contributed by atoms with Crippen LogP contribution in [0.1, 0.15) is 11.3 Å². The quantitative estimate of drug-likeness (QED) is 0.359. The van der Waals surface area contributed by atoms with E-state index in [1.54, 1.807) is 7.11 Å². The van der Waals surface area contributed by atoms with Gasteiger partial charge >= 0.3 is 0 Å². The molecule has 1 N–H and O–H groups in total. The second-order valence-corrected chi connectivity index (χ2v) is 7.42. The van der Waals surface area contributed by atoms with Crippen LogP contribution in [0, 0.1) is 0 Å². The van der Waals surface area contributed by atoms with E-state index in [9.17, 15) is 0 Å². The number of aromatic nitrogens is 4. The zero-order valence-electron chi connectivity index (χ0n) is 18.1. The first kappa shape index (κ1) is 20.5. The first-order chi connectivity index (χ1) is 16.3. The lowest BCUT2D eigenvalue weighted by Crippen LogP contribution is -2.01. The van der Waals surface area contributed by atoms with Gasteiger partial charge < -0.3 is 14.2 Å². The number of ether oxygens (including phenoxy) is 3. The molecule has 0 radical (unpaired) electrons. The van der Waals surface area contributed by atoms with Gasteiger partial charge in [0, 0.05) is 10.9 Å². The van der Waals surface area contributed by atoms with Crippen molar-refractivity contribution in [3.05, 3.63) is 96.4 Å². The Bertz CT molecular complexity index is 1370. The molecule has 0 bridgehead atoms. The van der Waals surface area contributed by atoms with Crippen LogP contribution in [0.3, 0.4) is 0 Å². The smallest absolute Gasteiger partial charge is 0.162 e. The zero-order chi connectivity index (χ0) is 22.5. The summed E-state index contributed by atoms with van der Waals surface area (Å²) >= 11 is 0. The summed E-state index contributed by atoms with van der Waals surface area (Å²) in [5.74, 6) is 2.69. The normalized spacial score (nSPS) is 10.8. The number of nitrogens with zero attached hydrogens (tertiary/aromatic N) is 3. The van der Waals surface area contributed by atoms with Gasteiger partial charge in [-0.25, -0.2) is 9.97 Å². The molecule has 0 saturated carbocycles. The van der Waals surface area contributed by atoms with Crippen molar-refractivity contribution in [1.29, 1.82) is 0 Å². The average molecular weight is 438 g/mol. The number of H-pyrrole nitrogens is 1. The van der Waals surface area contributed by atoms with Gasteiger partial charge in [0.25, 0.3) is 0 Å². The summed E-state index contributed by atoms with van der Waals surface area (Å²) in [7, 11) is 1.62. The topological polar surface area (TPSA) is 82.2 Å². The minimum Gasteiger partial charge on any atom is -0.493 e. The first-order valence-corrected chi connectivity index (χ1v) is 10.5. The van der Waals surface area contributed by atoms with Gasteiger partial charge in [0.1, 0.15) is 25.3 Å². The first-order valence-electron chi connectivity index (χ1n) is 10.5. The lowest BCUT2D eigenvalue weighted by atomic mass is 10.2. The molecule has 0 spiro atoms. The summed E-state index contributed by atoms with van der Waals surface area (Å²) in [5.41, 5.74) is 3.68. The van der Waals surface area contributed by atoms with E-state index in [0.29, 0.717) is 30.5 Å². The van der Waals surface area contributed by atoms with Crippen LogP contribution in [0.15, 0.2) is 85.2 Å². The van der Waals surface area contributed by atoms with E-state index in [1.807, 2.05) is 72.8 Å². The minimum absolute atomic E-state index is 0.363. The van der Waals surface area contributed by atoms with Gasteiger partial charge in [-0.1, -0.05) is 36.4 Å². The van der Waals surface area contributed by atoms with Crippen LogP contribution in [-0.4, -0.2) is 27.3 Å². The molecule has 5 rings (SSSR count). The molecule has 7 nitrogen and oxygen atoms in total. The molecule has 0 aliphatic heterocycles. The lowest BCUT2D eigenvalue weighted by molar-refractivity contribution is 0.281. The van der Waals surface area contributed by atoms with Gasteiger partial charge in [-0.3, -0.25) is 5.10 Å². The second kappa shape index (κ2) is 9.40. The van der Waals surface area contributed by atoms with E-state index in [0.717, 1.165) is 33.5 Å². The van der Waals surface area contributed by atoms with Crippen LogP contribution in [0.2, 0.25) is 0 Å². The zero-order valence-corrected chi connectivity index (χ0v) is 18.1. The molecule has 3 aromatic carbocycles. The van der Waals surface area contributed by atoms with E-state index in [1.165, 1.54) is 6.33 Å². The standard InChI is InChI=1S/C26H22N4O3/c1-31-24-12-10-20(26-27-17-28-30-26)14-25(24)33-15-18-5-4-7-22(13-18)32-16-21-11-9-19-6-2-3-8-23(19)29-21/h2-14,17H,15-16H2,1H3,(H,27,28,30). The molecule has 2 heterocycles. The molecular formula is C26H22N4O3. The number of methoxy groups -OCH3 is 1. The van der Waals surface area contributed by atoms with Crippen LogP contribution >= 0.6 is 0 Å². The van der Waals surface area contributed by atoms with E-state index in [4.69, 9.17) is 14.2 Å². The Morgan fingerprint density at radius 1 is 0.818 bits per heavy atom. The molecule has 5 aromatic rings. The molecule has 164 valence electrons. The van der Waals surface area contributed by atoms with E-state index < -0.39 is 0 Å². The van der Waals surface area contributed by atoms with E-state index in [-0.39, 0.29) is 0 Å². The van der Waals surface area contributed by atoms with Crippen molar-refractivity contribution in [2.75, 3.05) is 7.11 Å². The molecular weight excluding hydrogens is 416 g/mol. The minimum atomic E-state index is 0.363. The Morgan fingerprint density at radius 3 is 2.64 bits per heavy atom. The van der Waals surface area contributed by atoms with E-state index >= 15 is 0 Å². The van der Waals surface area contributed by atoms with Gasteiger partial charge in [0.05, 0.1) is 18.3 Å².